The number of morpholine rings is 1. The highest BCUT2D eigenvalue weighted by molar-refractivity contribution is 7.17. The molecule has 4 rings (SSSR count). The number of anilines is 2. The standard InChI is InChI=1S/C18H19N5OS/c1-13-2-4-14(5-3-13)12-19-22-18-20-15-6-11-25-16(15)17(21-18)23-7-9-24-10-8-23/h2-6,11-12H,7-10H2,1H3,(H,20,21,22)/b19-12+. The molecule has 1 aliphatic heterocycles. The van der Waals surface area contributed by atoms with Crippen molar-refractivity contribution in [1.29, 1.82) is 0 Å². The second kappa shape index (κ2) is 7.16. The summed E-state index contributed by atoms with van der Waals surface area (Å²) < 4.78 is 6.55. The number of fused-ring (bicyclic) bond motifs is 1. The summed E-state index contributed by atoms with van der Waals surface area (Å²) in [5.41, 5.74) is 6.16. The second-order valence-corrected chi connectivity index (χ2v) is 6.80. The lowest BCUT2D eigenvalue weighted by atomic mass is 10.2. The fourth-order valence-corrected chi connectivity index (χ4v) is 3.55. The van der Waals surface area contributed by atoms with Crippen LogP contribution >= 0.6 is 11.3 Å². The fourth-order valence-electron chi connectivity index (χ4n) is 2.70. The predicted octanol–water partition coefficient (Wildman–Crippen LogP) is 3.28. The maximum Gasteiger partial charge on any atom is 0.246 e. The SMILES string of the molecule is Cc1ccc(/C=N/Nc2nc(N3CCOCC3)c3sccc3n2)cc1. The van der Waals surface area contributed by atoms with E-state index in [1.165, 1.54) is 5.56 Å². The maximum absolute atomic E-state index is 5.45. The van der Waals surface area contributed by atoms with E-state index < -0.39 is 0 Å². The first-order valence-corrected chi connectivity index (χ1v) is 9.11. The number of thiophene rings is 1. The molecule has 1 fully saturated rings. The molecule has 6 nitrogen and oxygen atoms in total. The Kier molecular flexibility index (Phi) is 4.58. The molecular weight excluding hydrogens is 334 g/mol. The van der Waals surface area contributed by atoms with Crippen molar-refractivity contribution in [3.05, 3.63) is 46.8 Å². The van der Waals surface area contributed by atoms with Crippen molar-refractivity contribution in [2.24, 2.45) is 5.10 Å². The molecule has 0 bridgehead atoms. The largest absolute Gasteiger partial charge is 0.378 e. The van der Waals surface area contributed by atoms with Gasteiger partial charge >= 0.3 is 0 Å². The first-order valence-electron chi connectivity index (χ1n) is 8.23. The van der Waals surface area contributed by atoms with Crippen LogP contribution in [0.5, 0.6) is 0 Å². The van der Waals surface area contributed by atoms with E-state index in [0.717, 1.165) is 47.9 Å². The molecule has 7 heteroatoms. The average molecular weight is 353 g/mol. The molecule has 2 aromatic heterocycles. The van der Waals surface area contributed by atoms with Crippen LogP contribution in [0.3, 0.4) is 0 Å². The van der Waals surface area contributed by atoms with Gasteiger partial charge in [-0.1, -0.05) is 29.8 Å². The third-order valence-corrected chi connectivity index (χ3v) is 4.95. The Morgan fingerprint density at radius 1 is 1.16 bits per heavy atom. The van der Waals surface area contributed by atoms with Gasteiger partial charge in [-0.05, 0) is 23.9 Å². The number of hydrogen-bond donors (Lipinski definition) is 1. The van der Waals surface area contributed by atoms with E-state index in [0.29, 0.717) is 5.95 Å². The Morgan fingerprint density at radius 2 is 1.96 bits per heavy atom. The number of rotatable bonds is 4. The Hall–Kier alpha value is -2.51. The summed E-state index contributed by atoms with van der Waals surface area (Å²) in [6, 6.07) is 10.2. The number of aromatic nitrogens is 2. The van der Waals surface area contributed by atoms with Gasteiger partial charge in [0.05, 0.1) is 29.6 Å². The summed E-state index contributed by atoms with van der Waals surface area (Å²) >= 11 is 1.66. The van der Waals surface area contributed by atoms with Gasteiger partial charge in [0.1, 0.15) is 0 Å². The van der Waals surface area contributed by atoms with E-state index >= 15 is 0 Å². The Labute approximate surface area is 150 Å². The number of hydrogen-bond acceptors (Lipinski definition) is 7. The average Bonchev–Trinajstić information content (AvgIpc) is 3.12. The van der Waals surface area contributed by atoms with Crippen LogP contribution in [-0.2, 0) is 4.74 Å². The molecule has 25 heavy (non-hydrogen) atoms. The van der Waals surface area contributed by atoms with Crippen LogP contribution in [0.1, 0.15) is 11.1 Å². The van der Waals surface area contributed by atoms with Crippen LogP contribution in [0.15, 0.2) is 40.8 Å². The van der Waals surface area contributed by atoms with Gasteiger partial charge in [0.2, 0.25) is 5.95 Å². The highest BCUT2D eigenvalue weighted by Crippen LogP contribution is 2.30. The summed E-state index contributed by atoms with van der Waals surface area (Å²) in [6.45, 7) is 5.21. The van der Waals surface area contributed by atoms with Gasteiger partial charge in [-0.15, -0.1) is 11.3 Å². The molecule has 128 valence electrons. The van der Waals surface area contributed by atoms with Crippen molar-refractivity contribution < 1.29 is 4.74 Å². The molecule has 0 amide bonds. The van der Waals surface area contributed by atoms with Gasteiger partial charge < -0.3 is 9.64 Å². The molecule has 0 unspecified atom stereocenters. The first kappa shape index (κ1) is 16.0. The van der Waals surface area contributed by atoms with Crippen LogP contribution in [0.2, 0.25) is 0 Å². The maximum atomic E-state index is 5.45. The molecule has 0 saturated carbocycles. The van der Waals surface area contributed by atoms with E-state index in [1.54, 1.807) is 17.6 Å². The quantitative estimate of drug-likeness (QED) is 0.576. The number of hydrazone groups is 1. The van der Waals surface area contributed by atoms with E-state index in [4.69, 9.17) is 4.74 Å². The van der Waals surface area contributed by atoms with Gasteiger partial charge in [0.25, 0.3) is 0 Å². The third-order valence-electron chi connectivity index (χ3n) is 4.05. The van der Waals surface area contributed by atoms with Gasteiger partial charge in [-0.3, -0.25) is 0 Å². The highest BCUT2D eigenvalue weighted by atomic mass is 32.1. The number of nitrogens with zero attached hydrogens (tertiary/aromatic N) is 4. The lowest BCUT2D eigenvalue weighted by Crippen LogP contribution is -2.36. The van der Waals surface area contributed by atoms with Crippen LogP contribution < -0.4 is 10.3 Å². The van der Waals surface area contributed by atoms with Gasteiger partial charge in [0.15, 0.2) is 5.82 Å². The van der Waals surface area contributed by atoms with Crippen LogP contribution in [0.25, 0.3) is 10.2 Å². The minimum Gasteiger partial charge on any atom is -0.378 e. The van der Waals surface area contributed by atoms with E-state index in [9.17, 15) is 0 Å². The molecule has 3 heterocycles. The summed E-state index contributed by atoms with van der Waals surface area (Å²) in [5.74, 6) is 1.46. The minimum absolute atomic E-state index is 0.510. The third kappa shape index (κ3) is 3.62. The molecule has 1 aromatic carbocycles. The normalized spacial score (nSPS) is 15.2. The van der Waals surface area contributed by atoms with Crippen molar-refractivity contribution in [2.45, 2.75) is 6.92 Å². The van der Waals surface area contributed by atoms with Crippen molar-refractivity contribution in [2.75, 3.05) is 36.6 Å². The Morgan fingerprint density at radius 3 is 2.76 bits per heavy atom. The summed E-state index contributed by atoms with van der Waals surface area (Å²) in [5, 5.41) is 6.32. The molecule has 1 aliphatic rings. The van der Waals surface area contributed by atoms with Crippen molar-refractivity contribution in [1.82, 2.24) is 9.97 Å². The monoisotopic (exact) mass is 353 g/mol. The summed E-state index contributed by atoms with van der Waals surface area (Å²) in [6.07, 6.45) is 1.77. The molecule has 0 spiro atoms. The topological polar surface area (TPSA) is 62.6 Å². The van der Waals surface area contributed by atoms with Gasteiger partial charge in [-0.25, -0.2) is 10.4 Å². The van der Waals surface area contributed by atoms with E-state index in [2.05, 4.69) is 44.5 Å². The van der Waals surface area contributed by atoms with E-state index in [-0.39, 0.29) is 0 Å². The van der Waals surface area contributed by atoms with Crippen LogP contribution in [0, 0.1) is 6.92 Å². The van der Waals surface area contributed by atoms with E-state index in [1.807, 2.05) is 23.6 Å². The zero-order chi connectivity index (χ0) is 17.1. The molecular formula is C18H19N5OS. The molecule has 0 aliphatic carbocycles. The van der Waals surface area contributed by atoms with Crippen molar-refractivity contribution in [3.63, 3.8) is 0 Å². The van der Waals surface area contributed by atoms with Gasteiger partial charge in [-0.2, -0.15) is 10.1 Å². The number of ether oxygens (including phenoxy) is 1. The predicted molar refractivity (Wildman–Crippen MR) is 103 cm³/mol. The summed E-state index contributed by atoms with van der Waals surface area (Å²) in [7, 11) is 0. The van der Waals surface area contributed by atoms with Gasteiger partial charge in [0, 0.05) is 13.1 Å². The molecule has 1 N–H and O–H groups in total. The first-order chi connectivity index (χ1) is 12.3. The fraction of sp³-hybridized carbons (Fsp3) is 0.278. The lowest BCUT2D eigenvalue weighted by Gasteiger charge is -2.28. The molecule has 0 radical (unpaired) electrons. The lowest BCUT2D eigenvalue weighted by molar-refractivity contribution is 0.122. The van der Waals surface area contributed by atoms with Crippen molar-refractivity contribution >= 4 is 39.5 Å². The van der Waals surface area contributed by atoms with Crippen LogP contribution in [-0.4, -0.2) is 42.5 Å². The Bertz CT molecular complexity index is 884. The number of benzene rings is 1. The minimum atomic E-state index is 0.510. The van der Waals surface area contributed by atoms with Crippen LogP contribution in [0.4, 0.5) is 11.8 Å². The molecule has 0 atom stereocenters. The zero-order valence-corrected chi connectivity index (χ0v) is 14.8. The Balaban J connectivity index is 1.57. The molecule has 1 saturated heterocycles. The number of nitrogens with one attached hydrogen (secondary N) is 1. The second-order valence-electron chi connectivity index (χ2n) is 5.89. The smallest absolute Gasteiger partial charge is 0.246 e. The zero-order valence-electron chi connectivity index (χ0n) is 14.0. The molecule has 3 aromatic rings. The summed E-state index contributed by atoms with van der Waals surface area (Å²) in [4.78, 5) is 11.5. The van der Waals surface area contributed by atoms with Crippen molar-refractivity contribution in [3.8, 4) is 0 Å². The highest BCUT2D eigenvalue weighted by Gasteiger charge is 2.18. The number of aryl methyl sites for hydroxylation is 1.